The largest absolute Gasteiger partial charge is 0.310 e. The van der Waals surface area contributed by atoms with Crippen LogP contribution in [0.5, 0.6) is 0 Å². The zero-order valence-corrected chi connectivity index (χ0v) is 35.6. The van der Waals surface area contributed by atoms with Crippen LogP contribution in [0.3, 0.4) is 0 Å². The fourth-order valence-corrected chi connectivity index (χ4v) is 15.0. The Balaban J connectivity index is 0.00000456. The smallest absolute Gasteiger partial charge is 0.179 e. The van der Waals surface area contributed by atoms with Gasteiger partial charge in [-0.25, -0.2) is 0 Å². The Labute approximate surface area is 375 Å². The average molecular weight is 835 g/mol. The average Bonchev–Trinajstić information content (AvgIpc) is 3.71. The molecule has 0 saturated carbocycles. The van der Waals surface area contributed by atoms with Gasteiger partial charge in [-0.15, -0.1) is 0 Å². The summed E-state index contributed by atoms with van der Waals surface area (Å²) in [5.41, 5.74) is 9.36. The molecule has 0 fully saturated rings. The molecule has 0 bridgehead atoms. The molecule has 64 heavy (non-hydrogen) atoms. The minimum atomic E-state index is -2.69. The molecule has 0 atom stereocenters. The maximum absolute atomic E-state index is 2.69. The van der Waals surface area contributed by atoms with Crippen LogP contribution in [-0.2, 0) is 0 Å². The molecule has 0 aliphatic carbocycles. The van der Waals surface area contributed by atoms with Crippen LogP contribution in [0.1, 0.15) is 7.43 Å². The predicted octanol–water partition coefficient (Wildman–Crippen LogP) is 13.7. The first kappa shape index (κ1) is 38.9. The second-order valence-electron chi connectivity index (χ2n) is 16.5. The van der Waals surface area contributed by atoms with Gasteiger partial charge in [-0.2, -0.15) is 0 Å². The Hall–Kier alpha value is -7.98. The highest BCUT2D eigenvalue weighted by atomic mass is 28.3. The fraction of sp³-hybridized carbons (Fsp3) is 0.0164. The third-order valence-corrected chi connectivity index (χ3v) is 17.8. The molecule has 304 valence electrons. The quantitative estimate of drug-likeness (QED) is 0.0799. The van der Waals surface area contributed by atoms with Crippen molar-refractivity contribution in [2.45, 2.75) is 7.43 Å². The van der Waals surface area contributed by atoms with E-state index < -0.39 is 8.07 Å². The van der Waals surface area contributed by atoms with E-state index in [1.807, 2.05) is 0 Å². The minimum absolute atomic E-state index is 0. The second kappa shape index (κ2) is 16.0. The summed E-state index contributed by atoms with van der Waals surface area (Å²) < 4.78 is 2.42. The number of aromatic nitrogens is 1. The van der Waals surface area contributed by atoms with E-state index in [4.69, 9.17) is 0 Å². The van der Waals surface area contributed by atoms with E-state index in [1.54, 1.807) is 0 Å². The molecule has 12 aromatic rings. The molecular formula is C61H46N2Si. The van der Waals surface area contributed by atoms with Crippen molar-refractivity contribution < 1.29 is 0 Å². The summed E-state index contributed by atoms with van der Waals surface area (Å²) in [7, 11) is -2.69. The summed E-state index contributed by atoms with van der Waals surface area (Å²) in [6.07, 6.45) is 0. The molecule has 0 unspecified atom stereocenters. The summed E-state index contributed by atoms with van der Waals surface area (Å²) >= 11 is 0. The highest BCUT2D eigenvalue weighted by Crippen LogP contribution is 2.46. The number of nitrogens with zero attached hydrogens (tertiary/aromatic N) is 2. The Bertz CT molecular complexity index is 3430. The van der Waals surface area contributed by atoms with Gasteiger partial charge in [-0.05, 0) is 103 Å². The molecule has 0 aliphatic heterocycles. The Morgan fingerprint density at radius 1 is 0.328 bits per heavy atom. The van der Waals surface area contributed by atoms with Crippen LogP contribution in [0.4, 0.5) is 17.1 Å². The van der Waals surface area contributed by atoms with Gasteiger partial charge >= 0.3 is 0 Å². The summed E-state index contributed by atoms with van der Waals surface area (Å²) in [6, 6.07) is 94.2. The summed E-state index contributed by atoms with van der Waals surface area (Å²) in [5, 5.41) is 13.0. The van der Waals surface area contributed by atoms with Crippen LogP contribution in [0.25, 0.3) is 60.2 Å². The Kier molecular flexibility index (Phi) is 9.76. The van der Waals surface area contributed by atoms with Crippen molar-refractivity contribution in [2.24, 2.45) is 0 Å². The van der Waals surface area contributed by atoms with Crippen molar-refractivity contribution in [3.8, 4) is 16.8 Å². The highest BCUT2D eigenvalue weighted by molar-refractivity contribution is 7.20. The maximum Gasteiger partial charge on any atom is 0.179 e. The van der Waals surface area contributed by atoms with E-state index in [1.165, 1.54) is 75.2 Å². The Morgan fingerprint density at radius 2 is 0.844 bits per heavy atom. The van der Waals surface area contributed by atoms with E-state index >= 15 is 0 Å². The number of fused-ring (bicyclic) bond motifs is 1. The molecule has 12 rings (SSSR count). The van der Waals surface area contributed by atoms with E-state index in [0.29, 0.717) is 0 Å². The number of benzene rings is 11. The summed E-state index contributed by atoms with van der Waals surface area (Å²) in [4.78, 5) is 2.46. The van der Waals surface area contributed by atoms with Crippen LogP contribution in [0.15, 0.2) is 255 Å². The molecule has 2 nitrogen and oxygen atoms in total. The van der Waals surface area contributed by atoms with Gasteiger partial charge in [0.2, 0.25) is 0 Å². The highest BCUT2D eigenvalue weighted by Gasteiger charge is 2.41. The SMILES string of the molecule is C.c1ccc(-c2ccc(N(c3ccc4cc([Si](c5ccccc5)(c5ccccc5)c5ccccc5)ccc4c3)c3ccc4c5c3ccc3cccc(c35)n4-c3ccccc3)cc2)cc1. The third kappa shape index (κ3) is 6.24. The van der Waals surface area contributed by atoms with Crippen LogP contribution in [0, 0.1) is 0 Å². The second-order valence-corrected chi connectivity index (χ2v) is 20.3. The van der Waals surface area contributed by atoms with Gasteiger partial charge in [-0.1, -0.05) is 208 Å². The summed E-state index contributed by atoms with van der Waals surface area (Å²) in [6.45, 7) is 0. The molecule has 1 aromatic heterocycles. The normalized spacial score (nSPS) is 11.6. The number of hydrogen-bond donors (Lipinski definition) is 0. The summed E-state index contributed by atoms with van der Waals surface area (Å²) in [5.74, 6) is 0. The zero-order chi connectivity index (χ0) is 41.7. The molecule has 0 amide bonds. The molecule has 11 aromatic carbocycles. The molecule has 0 saturated heterocycles. The van der Waals surface area contributed by atoms with Crippen LogP contribution in [0.2, 0.25) is 0 Å². The zero-order valence-electron chi connectivity index (χ0n) is 34.6. The van der Waals surface area contributed by atoms with E-state index in [-0.39, 0.29) is 7.43 Å². The van der Waals surface area contributed by atoms with Crippen molar-refractivity contribution in [1.82, 2.24) is 4.57 Å². The van der Waals surface area contributed by atoms with Crippen LogP contribution >= 0.6 is 0 Å². The van der Waals surface area contributed by atoms with Crippen LogP contribution < -0.4 is 25.6 Å². The predicted molar refractivity (Wildman–Crippen MR) is 277 cm³/mol. The maximum atomic E-state index is 2.47. The van der Waals surface area contributed by atoms with Gasteiger partial charge in [0, 0.05) is 33.2 Å². The monoisotopic (exact) mass is 834 g/mol. The Morgan fingerprint density at radius 3 is 1.48 bits per heavy atom. The van der Waals surface area contributed by atoms with E-state index in [2.05, 4.69) is 264 Å². The molecule has 0 radical (unpaired) electrons. The van der Waals surface area contributed by atoms with Gasteiger partial charge in [-0.3, -0.25) is 0 Å². The van der Waals surface area contributed by atoms with Crippen molar-refractivity contribution in [3.63, 3.8) is 0 Å². The van der Waals surface area contributed by atoms with Crippen LogP contribution in [-0.4, -0.2) is 12.6 Å². The van der Waals surface area contributed by atoms with E-state index in [0.717, 1.165) is 22.7 Å². The minimum Gasteiger partial charge on any atom is -0.310 e. The first-order valence-corrected chi connectivity index (χ1v) is 23.8. The molecule has 0 aliphatic rings. The molecule has 1 heterocycles. The number of hydrogen-bond acceptors (Lipinski definition) is 1. The first-order chi connectivity index (χ1) is 31.3. The molecule has 3 heteroatoms. The molecule has 0 spiro atoms. The standard InChI is InChI=1S/C60H42N2Si.CH4/c1-6-17-43(18-7-1)44-29-34-49(35-30-44)61(56-39-40-58-60-55(56)38-33-45-19-16-28-57(59(45)60)62(58)48-20-8-2-9-21-48)50-36-31-47-42-54(37-32-46(47)41-50)63(51-22-10-3-11-23-51,52-24-12-4-13-25-52)53-26-14-5-15-27-53;/h1-42H;1H4. The van der Waals surface area contributed by atoms with Crippen molar-refractivity contribution in [2.75, 3.05) is 4.90 Å². The van der Waals surface area contributed by atoms with Crippen molar-refractivity contribution in [3.05, 3.63) is 255 Å². The van der Waals surface area contributed by atoms with E-state index in [9.17, 15) is 0 Å². The third-order valence-electron chi connectivity index (χ3n) is 13.1. The number of rotatable bonds is 9. The molecule has 0 N–H and O–H groups in total. The first-order valence-electron chi connectivity index (χ1n) is 21.8. The van der Waals surface area contributed by atoms with Crippen molar-refractivity contribution in [1.29, 1.82) is 0 Å². The van der Waals surface area contributed by atoms with Gasteiger partial charge in [0.15, 0.2) is 8.07 Å². The lowest BCUT2D eigenvalue weighted by Gasteiger charge is -2.34. The lowest BCUT2D eigenvalue weighted by molar-refractivity contribution is 1.18. The van der Waals surface area contributed by atoms with Gasteiger partial charge in [0.05, 0.1) is 16.7 Å². The topological polar surface area (TPSA) is 8.17 Å². The number of para-hydroxylation sites is 1. The molecular weight excluding hydrogens is 789 g/mol. The van der Waals surface area contributed by atoms with Gasteiger partial charge in [0.1, 0.15) is 0 Å². The lowest BCUT2D eigenvalue weighted by atomic mass is 9.99. The van der Waals surface area contributed by atoms with Crippen molar-refractivity contribution >= 4 is 89.2 Å². The fourth-order valence-electron chi connectivity index (χ4n) is 10.3. The van der Waals surface area contributed by atoms with Gasteiger partial charge < -0.3 is 9.47 Å². The van der Waals surface area contributed by atoms with Gasteiger partial charge in [0.25, 0.3) is 0 Å². The number of anilines is 3. The lowest BCUT2D eigenvalue weighted by Crippen LogP contribution is -2.74.